The van der Waals surface area contributed by atoms with Gasteiger partial charge in [-0.3, -0.25) is 9.69 Å². The summed E-state index contributed by atoms with van der Waals surface area (Å²) in [6.45, 7) is 6.88. The third kappa shape index (κ3) is 2.91. The highest BCUT2D eigenvalue weighted by molar-refractivity contribution is 5.78. The smallest absolute Gasteiger partial charge is 0.222 e. The molecule has 0 spiro atoms. The van der Waals surface area contributed by atoms with Crippen molar-refractivity contribution >= 4 is 11.6 Å². The Kier molecular flexibility index (Phi) is 3.89. The van der Waals surface area contributed by atoms with Crippen molar-refractivity contribution in [1.29, 1.82) is 0 Å². The zero-order valence-corrected chi connectivity index (χ0v) is 13.2. The fraction of sp³-hybridized carbons (Fsp3) is 0.588. The number of fused-ring (bicyclic) bond motifs is 2. The molecule has 1 saturated heterocycles. The van der Waals surface area contributed by atoms with Gasteiger partial charge in [0.25, 0.3) is 0 Å². The summed E-state index contributed by atoms with van der Waals surface area (Å²) in [4.78, 5) is 16.8. The number of benzene rings is 1. The first kappa shape index (κ1) is 14.4. The zero-order chi connectivity index (χ0) is 15.0. The number of nitrogens with zero attached hydrogens (tertiary/aromatic N) is 2. The number of hydrogen-bond acceptors (Lipinski definition) is 3. The molecular weight excluding hydrogens is 262 g/mol. The van der Waals surface area contributed by atoms with Gasteiger partial charge in [-0.15, -0.1) is 0 Å². The highest BCUT2D eigenvalue weighted by Crippen LogP contribution is 2.30. The highest BCUT2D eigenvalue weighted by Gasteiger charge is 2.36. The van der Waals surface area contributed by atoms with Crippen LogP contribution in [0.3, 0.4) is 0 Å². The zero-order valence-electron chi connectivity index (χ0n) is 13.2. The summed E-state index contributed by atoms with van der Waals surface area (Å²) in [5.41, 5.74) is 2.73. The molecule has 2 aliphatic rings. The first-order valence-corrected chi connectivity index (χ1v) is 7.88. The van der Waals surface area contributed by atoms with E-state index in [2.05, 4.69) is 46.4 Å². The summed E-state index contributed by atoms with van der Waals surface area (Å²) >= 11 is 0. The van der Waals surface area contributed by atoms with Crippen LogP contribution in [-0.4, -0.2) is 43.0 Å². The van der Waals surface area contributed by atoms with Crippen LogP contribution in [0.15, 0.2) is 24.3 Å². The number of carbonyl (C=O) groups is 1. The molecule has 21 heavy (non-hydrogen) atoms. The highest BCUT2D eigenvalue weighted by atomic mass is 16.1. The largest absolute Gasteiger partial charge is 0.373 e. The van der Waals surface area contributed by atoms with Crippen LogP contribution in [0.5, 0.6) is 0 Å². The summed E-state index contributed by atoms with van der Waals surface area (Å²) < 4.78 is 0. The molecular formula is C17H25N3O. The third-order valence-electron chi connectivity index (χ3n) is 4.66. The van der Waals surface area contributed by atoms with Crippen LogP contribution in [0.1, 0.15) is 25.8 Å². The van der Waals surface area contributed by atoms with Gasteiger partial charge in [0.1, 0.15) is 0 Å². The van der Waals surface area contributed by atoms with Crippen LogP contribution in [0.2, 0.25) is 0 Å². The Balaban J connectivity index is 1.72. The van der Waals surface area contributed by atoms with E-state index in [1.165, 1.54) is 11.3 Å². The van der Waals surface area contributed by atoms with Crippen molar-refractivity contribution in [3.05, 3.63) is 29.8 Å². The Bertz CT molecular complexity index is 529. The van der Waals surface area contributed by atoms with Gasteiger partial charge in [0.05, 0.1) is 0 Å². The first-order valence-electron chi connectivity index (χ1n) is 7.88. The molecule has 1 aromatic carbocycles. The molecule has 0 saturated carbocycles. The average Bonchev–Trinajstić information content (AvgIpc) is 2.74. The number of carbonyl (C=O) groups excluding carboxylic acids is 1. The Morgan fingerprint density at radius 3 is 2.81 bits per heavy atom. The van der Waals surface area contributed by atoms with Gasteiger partial charge in [-0.05, 0) is 18.1 Å². The molecule has 0 bridgehead atoms. The molecule has 2 aliphatic heterocycles. The molecule has 2 atom stereocenters. The quantitative estimate of drug-likeness (QED) is 0.902. The molecule has 1 aromatic rings. The van der Waals surface area contributed by atoms with Crippen molar-refractivity contribution in [3.8, 4) is 0 Å². The van der Waals surface area contributed by atoms with E-state index in [0.29, 0.717) is 12.1 Å². The van der Waals surface area contributed by atoms with Crippen molar-refractivity contribution in [3.63, 3.8) is 0 Å². The molecule has 2 heterocycles. The summed E-state index contributed by atoms with van der Waals surface area (Å²) in [5.74, 6) is 0.236. The van der Waals surface area contributed by atoms with E-state index in [-0.39, 0.29) is 11.8 Å². The van der Waals surface area contributed by atoms with Gasteiger partial charge in [-0.2, -0.15) is 0 Å². The number of para-hydroxylation sites is 1. The molecule has 1 amide bonds. The maximum absolute atomic E-state index is 11.9. The lowest BCUT2D eigenvalue weighted by Gasteiger charge is -2.24. The van der Waals surface area contributed by atoms with E-state index in [1.54, 1.807) is 0 Å². The lowest BCUT2D eigenvalue weighted by atomic mass is 10.1. The minimum atomic E-state index is 0.0637. The van der Waals surface area contributed by atoms with Crippen molar-refractivity contribution in [2.75, 3.05) is 25.0 Å². The van der Waals surface area contributed by atoms with E-state index in [0.717, 1.165) is 26.1 Å². The second kappa shape index (κ2) is 5.68. The van der Waals surface area contributed by atoms with Gasteiger partial charge in [-0.25, -0.2) is 0 Å². The van der Waals surface area contributed by atoms with Crippen LogP contribution < -0.4 is 10.2 Å². The van der Waals surface area contributed by atoms with Gasteiger partial charge in [0.2, 0.25) is 5.91 Å². The number of anilines is 1. The maximum atomic E-state index is 11.9. The van der Waals surface area contributed by atoms with Crippen molar-refractivity contribution in [2.45, 2.75) is 38.9 Å². The monoisotopic (exact) mass is 287 g/mol. The lowest BCUT2D eigenvalue weighted by Crippen LogP contribution is -2.39. The summed E-state index contributed by atoms with van der Waals surface area (Å²) in [6, 6.07) is 9.46. The Morgan fingerprint density at radius 1 is 1.29 bits per heavy atom. The lowest BCUT2D eigenvalue weighted by molar-refractivity contribution is -0.124. The molecule has 0 radical (unpaired) electrons. The predicted molar refractivity (Wildman–Crippen MR) is 85.3 cm³/mol. The summed E-state index contributed by atoms with van der Waals surface area (Å²) in [5, 5.41) is 3.19. The molecule has 0 aromatic heterocycles. The Hall–Kier alpha value is -1.55. The van der Waals surface area contributed by atoms with Gasteiger partial charge in [0, 0.05) is 50.4 Å². The van der Waals surface area contributed by atoms with Crippen molar-refractivity contribution in [2.24, 2.45) is 5.92 Å². The van der Waals surface area contributed by atoms with E-state index in [9.17, 15) is 4.79 Å². The minimum Gasteiger partial charge on any atom is -0.373 e. The number of likely N-dealkylation sites (N-methyl/N-ethyl adjacent to an activating group) is 1. The fourth-order valence-corrected chi connectivity index (χ4v) is 3.49. The Morgan fingerprint density at radius 2 is 2.05 bits per heavy atom. The molecule has 0 unspecified atom stereocenters. The molecule has 4 nitrogen and oxygen atoms in total. The van der Waals surface area contributed by atoms with Gasteiger partial charge in [0.15, 0.2) is 0 Å². The summed E-state index contributed by atoms with van der Waals surface area (Å²) in [7, 11) is 2.17. The number of rotatable bonds is 2. The standard InChI is InChI=1S/C17H25N3O/c1-12(2)17(21)18-14-8-15-11-19(3)16-7-5-4-6-13(16)9-20(15)10-14/h4-7,12,14-15H,8-11H2,1-3H3,(H,18,21)/t14-,15-/m0/s1. The van der Waals surface area contributed by atoms with Crippen LogP contribution >= 0.6 is 0 Å². The maximum Gasteiger partial charge on any atom is 0.222 e. The molecule has 1 fully saturated rings. The van der Waals surface area contributed by atoms with Crippen LogP contribution in [-0.2, 0) is 11.3 Å². The van der Waals surface area contributed by atoms with Crippen LogP contribution in [0.4, 0.5) is 5.69 Å². The second-order valence-electron chi connectivity index (χ2n) is 6.69. The average molecular weight is 287 g/mol. The van der Waals surface area contributed by atoms with E-state index < -0.39 is 0 Å². The number of hydrogen-bond donors (Lipinski definition) is 1. The van der Waals surface area contributed by atoms with E-state index in [1.807, 2.05) is 13.8 Å². The molecule has 3 rings (SSSR count). The molecule has 0 aliphatic carbocycles. The van der Waals surface area contributed by atoms with Gasteiger partial charge in [-0.1, -0.05) is 32.0 Å². The number of nitrogens with one attached hydrogen (secondary N) is 1. The molecule has 114 valence electrons. The fourth-order valence-electron chi connectivity index (χ4n) is 3.49. The predicted octanol–water partition coefficient (Wildman–Crippen LogP) is 1.85. The van der Waals surface area contributed by atoms with Gasteiger partial charge < -0.3 is 10.2 Å². The summed E-state index contributed by atoms with van der Waals surface area (Å²) in [6.07, 6.45) is 1.05. The Labute approximate surface area is 127 Å². The molecule has 4 heteroatoms. The second-order valence-corrected chi connectivity index (χ2v) is 6.69. The van der Waals surface area contributed by atoms with Crippen LogP contribution in [0.25, 0.3) is 0 Å². The number of amides is 1. The van der Waals surface area contributed by atoms with E-state index >= 15 is 0 Å². The third-order valence-corrected chi connectivity index (χ3v) is 4.66. The first-order chi connectivity index (χ1) is 10.0. The van der Waals surface area contributed by atoms with E-state index in [4.69, 9.17) is 0 Å². The topological polar surface area (TPSA) is 35.6 Å². The van der Waals surface area contributed by atoms with Crippen molar-refractivity contribution < 1.29 is 4.79 Å². The SMILES string of the molecule is CC(C)C(=O)N[C@H]1C[C@H]2CN(C)c3ccccc3CN2C1. The molecule has 1 N–H and O–H groups in total. The normalized spacial score (nSPS) is 25.4. The van der Waals surface area contributed by atoms with Gasteiger partial charge >= 0.3 is 0 Å². The van der Waals surface area contributed by atoms with Crippen molar-refractivity contribution in [1.82, 2.24) is 10.2 Å². The minimum absolute atomic E-state index is 0.0637. The van der Waals surface area contributed by atoms with Crippen LogP contribution in [0, 0.1) is 5.92 Å².